The number of nitrogens with zero attached hydrogens (tertiary/aromatic N) is 7. The second-order valence-electron chi connectivity index (χ2n) is 8.48. The smallest absolute Gasteiger partial charge is 0.161 e. The zero-order valence-electron chi connectivity index (χ0n) is 19.1. The van der Waals surface area contributed by atoms with Crippen molar-refractivity contribution in [2.24, 2.45) is 14.1 Å². The van der Waals surface area contributed by atoms with Crippen molar-refractivity contribution < 1.29 is 4.74 Å². The Morgan fingerprint density at radius 3 is 2.45 bits per heavy atom. The summed E-state index contributed by atoms with van der Waals surface area (Å²) in [6.07, 6.45) is 9.64. The van der Waals surface area contributed by atoms with Crippen LogP contribution < -0.4 is 5.32 Å². The minimum atomic E-state index is 0.109. The van der Waals surface area contributed by atoms with E-state index >= 15 is 0 Å². The van der Waals surface area contributed by atoms with Gasteiger partial charge in [0.25, 0.3) is 0 Å². The minimum Gasteiger partial charge on any atom is -0.374 e. The van der Waals surface area contributed by atoms with Crippen molar-refractivity contribution in [3.63, 3.8) is 0 Å². The van der Waals surface area contributed by atoms with Crippen molar-refractivity contribution in [2.45, 2.75) is 6.10 Å². The second-order valence-corrected chi connectivity index (χ2v) is 8.48. The van der Waals surface area contributed by atoms with Crippen molar-refractivity contribution >= 4 is 5.82 Å². The molecular weight excluding hydrogens is 416 g/mol. The molecule has 0 bridgehead atoms. The van der Waals surface area contributed by atoms with Crippen LogP contribution in [0.15, 0.2) is 55.2 Å². The maximum atomic E-state index is 5.93. The molecule has 5 rings (SSSR count). The number of ether oxygens (including phenoxy) is 1. The third-order valence-corrected chi connectivity index (χ3v) is 5.80. The van der Waals surface area contributed by atoms with Crippen LogP contribution in [0.5, 0.6) is 0 Å². The highest BCUT2D eigenvalue weighted by atomic mass is 16.5. The Morgan fingerprint density at radius 2 is 1.73 bits per heavy atom. The van der Waals surface area contributed by atoms with E-state index in [1.807, 2.05) is 57.2 Å². The molecule has 1 aliphatic heterocycles. The molecule has 4 heterocycles. The fourth-order valence-electron chi connectivity index (χ4n) is 4.04. The molecule has 170 valence electrons. The molecule has 0 amide bonds. The van der Waals surface area contributed by atoms with Crippen LogP contribution in [0.3, 0.4) is 0 Å². The average Bonchev–Trinajstić information content (AvgIpc) is 3.46. The number of likely N-dealkylation sites (N-methyl/N-ethyl adjacent to an activating group) is 1. The van der Waals surface area contributed by atoms with E-state index in [9.17, 15) is 0 Å². The zero-order valence-corrected chi connectivity index (χ0v) is 19.1. The molecule has 9 heteroatoms. The Kier molecular flexibility index (Phi) is 5.89. The monoisotopic (exact) mass is 444 g/mol. The van der Waals surface area contributed by atoms with Crippen LogP contribution in [0, 0.1) is 0 Å². The normalized spacial score (nSPS) is 16.8. The van der Waals surface area contributed by atoms with Gasteiger partial charge in [-0.15, -0.1) is 0 Å². The Morgan fingerprint density at radius 1 is 0.970 bits per heavy atom. The molecule has 0 spiro atoms. The van der Waals surface area contributed by atoms with Gasteiger partial charge in [0.1, 0.15) is 5.82 Å². The number of rotatable bonds is 6. The molecule has 1 N–H and O–H groups in total. The highest BCUT2D eigenvalue weighted by Gasteiger charge is 2.19. The van der Waals surface area contributed by atoms with E-state index in [-0.39, 0.29) is 6.10 Å². The summed E-state index contributed by atoms with van der Waals surface area (Å²) in [5.41, 5.74) is 4.97. The molecular formula is C24H28N8O. The van der Waals surface area contributed by atoms with Gasteiger partial charge in [0.2, 0.25) is 0 Å². The van der Waals surface area contributed by atoms with E-state index in [1.54, 1.807) is 9.36 Å². The van der Waals surface area contributed by atoms with Gasteiger partial charge in [-0.3, -0.25) is 9.36 Å². The van der Waals surface area contributed by atoms with Gasteiger partial charge >= 0.3 is 0 Å². The lowest BCUT2D eigenvalue weighted by Crippen LogP contribution is -2.43. The SMILES string of the molecule is CN1CCOC(CNc2nc(-c3cccc(-c4cnn(C)c4)c3)ncc2-c2cnn(C)c2)C1. The van der Waals surface area contributed by atoms with Crippen LogP contribution in [0.4, 0.5) is 5.82 Å². The van der Waals surface area contributed by atoms with E-state index in [1.165, 1.54) is 0 Å². The van der Waals surface area contributed by atoms with Gasteiger partial charge in [-0.1, -0.05) is 18.2 Å². The molecule has 1 atom stereocenters. The minimum absolute atomic E-state index is 0.109. The van der Waals surface area contributed by atoms with Gasteiger partial charge < -0.3 is 15.0 Å². The van der Waals surface area contributed by atoms with Crippen LogP contribution in [0.2, 0.25) is 0 Å². The summed E-state index contributed by atoms with van der Waals surface area (Å²) in [5.74, 6) is 1.44. The summed E-state index contributed by atoms with van der Waals surface area (Å²) in [6.45, 7) is 3.26. The first kappa shape index (κ1) is 21.3. The van der Waals surface area contributed by atoms with Crippen molar-refractivity contribution in [2.75, 3.05) is 38.6 Å². The first-order valence-corrected chi connectivity index (χ1v) is 11.0. The first-order valence-electron chi connectivity index (χ1n) is 11.0. The maximum Gasteiger partial charge on any atom is 0.161 e. The fraction of sp³-hybridized carbons (Fsp3) is 0.333. The molecule has 1 aromatic carbocycles. The van der Waals surface area contributed by atoms with Gasteiger partial charge in [-0.2, -0.15) is 10.2 Å². The summed E-state index contributed by atoms with van der Waals surface area (Å²) >= 11 is 0. The van der Waals surface area contributed by atoms with Gasteiger partial charge in [-0.05, 0) is 18.7 Å². The van der Waals surface area contributed by atoms with E-state index in [0.717, 1.165) is 53.3 Å². The van der Waals surface area contributed by atoms with Crippen LogP contribution in [-0.2, 0) is 18.8 Å². The summed E-state index contributed by atoms with van der Waals surface area (Å²) < 4.78 is 9.51. The largest absolute Gasteiger partial charge is 0.374 e. The molecule has 1 unspecified atom stereocenters. The Hall–Kier alpha value is -3.56. The quantitative estimate of drug-likeness (QED) is 0.489. The van der Waals surface area contributed by atoms with E-state index in [4.69, 9.17) is 14.7 Å². The molecule has 9 nitrogen and oxygen atoms in total. The van der Waals surface area contributed by atoms with Crippen molar-refractivity contribution in [1.29, 1.82) is 0 Å². The summed E-state index contributed by atoms with van der Waals surface area (Å²) in [7, 11) is 5.94. The van der Waals surface area contributed by atoms with Gasteiger partial charge in [0.15, 0.2) is 5.82 Å². The molecule has 0 radical (unpaired) electrons. The Bertz CT molecular complexity index is 1250. The number of nitrogens with one attached hydrogen (secondary N) is 1. The number of anilines is 1. The van der Waals surface area contributed by atoms with E-state index < -0.39 is 0 Å². The Balaban J connectivity index is 1.47. The number of aryl methyl sites for hydroxylation is 2. The fourth-order valence-corrected chi connectivity index (χ4v) is 4.04. The van der Waals surface area contributed by atoms with E-state index in [0.29, 0.717) is 12.4 Å². The van der Waals surface area contributed by atoms with Gasteiger partial charge in [-0.25, -0.2) is 9.97 Å². The van der Waals surface area contributed by atoms with Crippen LogP contribution >= 0.6 is 0 Å². The van der Waals surface area contributed by atoms with Gasteiger partial charge in [0.05, 0.1) is 25.1 Å². The molecule has 1 fully saturated rings. The maximum absolute atomic E-state index is 5.93. The van der Waals surface area contributed by atoms with Crippen molar-refractivity contribution in [1.82, 2.24) is 34.4 Å². The molecule has 1 saturated heterocycles. The summed E-state index contributed by atoms with van der Waals surface area (Å²) in [4.78, 5) is 11.9. The average molecular weight is 445 g/mol. The first-order chi connectivity index (χ1) is 16.0. The molecule has 0 aliphatic carbocycles. The summed E-state index contributed by atoms with van der Waals surface area (Å²) in [5, 5.41) is 12.1. The zero-order chi connectivity index (χ0) is 22.8. The summed E-state index contributed by atoms with van der Waals surface area (Å²) in [6, 6.07) is 8.22. The number of aromatic nitrogens is 6. The van der Waals surface area contributed by atoms with Crippen LogP contribution in [0.25, 0.3) is 33.6 Å². The third kappa shape index (κ3) is 4.79. The number of hydrogen-bond acceptors (Lipinski definition) is 7. The molecule has 3 aromatic heterocycles. The standard InChI is InChI=1S/C24H28N8O/c1-30-7-8-33-21(16-30)12-25-24-22(20-11-28-32(3)15-20)13-26-23(29-24)18-6-4-5-17(9-18)19-10-27-31(2)14-19/h4-6,9-11,13-15,21H,7-8,12,16H2,1-3H3,(H,25,26,29). The predicted octanol–water partition coefficient (Wildman–Crippen LogP) is 2.69. The third-order valence-electron chi connectivity index (χ3n) is 5.80. The second kappa shape index (κ2) is 9.13. The number of benzene rings is 1. The topological polar surface area (TPSA) is 85.9 Å². The number of morpholine rings is 1. The lowest BCUT2D eigenvalue weighted by atomic mass is 10.1. The Labute approximate surface area is 193 Å². The molecule has 1 aliphatic rings. The lowest BCUT2D eigenvalue weighted by Gasteiger charge is -2.30. The highest BCUT2D eigenvalue weighted by Crippen LogP contribution is 2.29. The van der Waals surface area contributed by atoms with Crippen LogP contribution in [0.1, 0.15) is 0 Å². The van der Waals surface area contributed by atoms with Crippen molar-refractivity contribution in [3.05, 3.63) is 55.2 Å². The lowest BCUT2D eigenvalue weighted by molar-refractivity contribution is -0.0117. The van der Waals surface area contributed by atoms with Crippen LogP contribution in [-0.4, -0.2) is 73.8 Å². The van der Waals surface area contributed by atoms with E-state index in [2.05, 4.69) is 39.6 Å². The molecule has 0 saturated carbocycles. The number of hydrogen-bond donors (Lipinski definition) is 1. The van der Waals surface area contributed by atoms with Crippen molar-refractivity contribution in [3.8, 4) is 33.6 Å². The van der Waals surface area contributed by atoms with Gasteiger partial charge in [0, 0.05) is 74.6 Å². The molecule has 33 heavy (non-hydrogen) atoms. The molecule has 4 aromatic rings. The predicted molar refractivity (Wildman–Crippen MR) is 128 cm³/mol. The highest BCUT2D eigenvalue weighted by molar-refractivity contribution is 5.76.